The minimum atomic E-state index is -0.275. The molecule has 4 heterocycles. The Morgan fingerprint density at radius 3 is 2.69 bits per heavy atom. The number of nitrogens with one attached hydrogen (secondary N) is 1. The van der Waals surface area contributed by atoms with Crippen LogP contribution < -0.4 is 15.0 Å². The van der Waals surface area contributed by atoms with Crippen LogP contribution in [0, 0.1) is 26.2 Å². The van der Waals surface area contributed by atoms with Crippen molar-refractivity contribution in [2.75, 3.05) is 58.4 Å². The Bertz CT molecular complexity index is 1350. The lowest BCUT2D eigenvalue weighted by Gasteiger charge is -2.46. The smallest absolute Gasteiger partial charge is 0.409 e. The number of aromatic nitrogens is 3. The van der Waals surface area contributed by atoms with E-state index in [2.05, 4.69) is 15.4 Å². The summed E-state index contributed by atoms with van der Waals surface area (Å²) in [6, 6.07) is 5.59. The molecule has 39 heavy (non-hydrogen) atoms. The molecule has 1 spiro atoms. The highest BCUT2D eigenvalue weighted by molar-refractivity contribution is 6.33. The topological polar surface area (TPSA) is 106 Å². The molecule has 1 amide bonds. The van der Waals surface area contributed by atoms with E-state index in [4.69, 9.17) is 35.6 Å². The largest absolute Gasteiger partial charge is 0.494 e. The Balaban J connectivity index is 1.52. The van der Waals surface area contributed by atoms with Crippen molar-refractivity contribution in [3.05, 3.63) is 40.2 Å². The molecular weight excluding hydrogens is 520 g/mol. The van der Waals surface area contributed by atoms with Gasteiger partial charge in [-0.2, -0.15) is 0 Å². The molecule has 0 bridgehead atoms. The predicted octanol–water partition coefficient (Wildman–Crippen LogP) is 4.64. The fraction of sp³-hybridized carbons (Fsp3) is 0.500. The van der Waals surface area contributed by atoms with Crippen molar-refractivity contribution in [3.63, 3.8) is 0 Å². The third kappa shape index (κ3) is 5.27. The van der Waals surface area contributed by atoms with Crippen LogP contribution in [0.1, 0.15) is 29.9 Å². The van der Waals surface area contributed by atoms with Gasteiger partial charge in [-0.05, 0) is 65.4 Å². The molecule has 11 heteroatoms. The monoisotopic (exact) mass is 554 g/mol. The summed E-state index contributed by atoms with van der Waals surface area (Å²) in [6.45, 7) is 10.3. The van der Waals surface area contributed by atoms with Gasteiger partial charge in [0.2, 0.25) is 0 Å². The van der Waals surface area contributed by atoms with Gasteiger partial charge in [-0.25, -0.2) is 14.8 Å². The predicted molar refractivity (Wildman–Crippen MR) is 149 cm³/mol. The van der Waals surface area contributed by atoms with E-state index in [1.165, 1.54) is 7.11 Å². The summed E-state index contributed by atoms with van der Waals surface area (Å²) in [5.41, 5.74) is 4.09. The van der Waals surface area contributed by atoms with Gasteiger partial charge in [-0.3, -0.25) is 0 Å². The Morgan fingerprint density at radius 2 is 2.00 bits per heavy atom. The average molecular weight is 555 g/mol. The van der Waals surface area contributed by atoms with Crippen LogP contribution >= 0.6 is 11.6 Å². The second-order valence-corrected chi connectivity index (χ2v) is 10.9. The highest BCUT2D eigenvalue weighted by Gasteiger charge is 2.50. The van der Waals surface area contributed by atoms with Crippen molar-refractivity contribution in [1.29, 1.82) is 0 Å². The molecule has 10 nitrogen and oxygen atoms in total. The van der Waals surface area contributed by atoms with Crippen LogP contribution in [0.4, 0.5) is 10.6 Å². The number of hydrogen-bond acceptors (Lipinski definition) is 9. The molecule has 0 atom stereocenters. The van der Waals surface area contributed by atoms with Crippen molar-refractivity contribution in [2.45, 2.75) is 33.6 Å². The molecule has 1 aromatic carbocycles. The Morgan fingerprint density at radius 1 is 1.21 bits per heavy atom. The summed E-state index contributed by atoms with van der Waals surface area (Å²) >= 11 is 6.70. The summed E-state index contributed by atoms with van der Waals surface area (Å²) in [6.07, 6.45) is 1.58. The SMILES string of the molecule is CNCCCOc1ccc(Cl)c(-c2nc(-c3c(C)noc3C)c(C)c(N3CCC4(CN(C(=O)OC)C4)C3)n2)c1. The molecule has 5 rings (SSSR count). The van der Waals surface area contributed by atoms with Gasteiger partial charge in [-0.15, -0.1) is 0 Å². The van der Waals surface area contributed by atoms with E-state index in [0.717, 1.165) is 60.8 Å². The number of methoxy groups -OCH3 is 1. The second-order valence-electron chi connectivity index (χ2n) is 10.5. The standard InChI is InChI=1S/C28H35ClN6O4/c1-17-24(23-18(2)33-39-19(23)3)31-25(21-13-20(7-8-22(21)29)38-12-6-10-30-4)32-26(17)34-11-9-28(14-34)15-35(16-28)27(36)37-5/h7-8,13,30H,6,9-12,14-16H2,1-5H3. The Labute approximate surface area is 233 Å². The number of carbonyl (C=O) groups excluding carboxylic acids is 1. The quantitative estimate of drug-likeness (QED) is 0.398. The van der Waals surface area contributed by atoms with Crippen LogP contribution in [0.2, 0.25) is 5.02 Å². The molecule has 0 unspecified atom stereocenters. The summed E-state index contributed by atoms with van der Waals surface area (Å²) in [4.78, 5) is 26.1. The maximum Gasteiger partial charge on any atom is 0.409 e. The van der Waals surface area contributed by atoms with Gasteiger partial charge in [0.05, 0.1) is 35.7 Å². The van der Waals surface area contributed by atoms with Gasteiger partial charge in [0.1, 0.15) is 17.3 Å². The third-order valence-electron chi connectivity index (χ3n) is 7.63. The number of halogens is 1. The number of anilines is 1. The molecule has 0 aliphatic carbocycles. The van der Waals surface area contributed by atoms with Crippen LogP contribution in [0.25, 0.3) is 22.6 Å². The van der Waals surface area contributed by atoms with E-state index < -0.39 is 0 Å². The van der Waals surface area contributed by atoms with Crippen LogP contribution in [-0.4, -0.2) is 79.6 Å². The fourth-order valence-electron chi connectivity index (χ4n) is 5.60. The number of nitrogens with zero attached hydrogens (tertiary/aromatic N) is 5. The van der Waals surface area contributed by atoms with Gasteiger partial charge < -0.3 is 29.1 Å². The number of benzene rings is 1. The summed E-state index contributed by atoms with van der Waals surface area (Å²) in [5.74, 6) is 2.78. The number of hydrogen-bond donors (Lipinski definition) is 1. The number of likely N-dealkylation sites (tertiary alicyclic amines) is 1. The summed E-state index contributed by atoms with van der Waals surface area (Å²) in [5, 5.41) is 7.84. The van der Waals surface area contributed by atoms with Crippen molar-refractivity contribution < 1.29 is 18.8 Å². The Kier molecular flexibility index (Phi) is 7.68. The van der Waals surface area contributed by atoms with Crippen molar-refractivity contribution in [2.24, 2.45) is 5.41 Å². The highest BCUT2D eigenvalue weighted by Crippen LogP contribution is 2.43. The maximum absolute atomic E-state index is 12.0. The van der Waals surface area contributed by atoms with Gasteiger partial charge in [0, 0.05) is 42.7 Å². The zero-order valence-electron chi connectivity index (χ0n) is 23.1. The lowest BCUT2D eigenvalue weighted by molar-refractivity contribution is 0.0169. The average Bonchev–Trinajstić information content (AvgIpc) is 3.50. The lowest BCUT2D eigenvalue weighted by atomic mass is 9.79. The normalized spacial score (nSPS) is 16.1. The first-order chi connectivity index (χ1) is 18.7. The van der Waals surface area contributed by atoms with Crippen LogP contribution in [0.3, 0.4) is 0 Å². The van der Waals surface area contributed by atoms with Crippen LogP contribution in [0.15, 0.2) is 22.7 Å². The van der Waals surface area contributed by atoms with E-state index >= 15 is 0 Å². The molecule has 208 valence electrons. The number of carbonyl (C=O) groups is 1. The first-order valence-corrected chi connectivity index (χ1v) is 13.6. The summed E-state index contributed by atoms with van der Waals surface area (Å²) < 4.78 is 16.4. The van der Waals surface area contributed by atoms with E-state index in [9.17, 15) is 4.79 Å². The highest BCUT2D eigenvalue weighted by atomic mass is 35.5. The molecule has 1 N–H and O–H groups in total. The minimum Gasteiger partial charge on any atom is -0.494 e. The first kappa shape index (κ1) is 27.2. The maximum atomic E-state index is 12.0. The van der Waals surface area contributed by atoms with Gasteiger partial charge in [0.15, 0.2) is 5.82 Å². The van der Waals surface area contributed by atoms with Crippen LogP contribution in [-0.2, 0) is 4.74 Å². The minimum absolute atomic E-state index is 0.0354. The van der Waals surface area contributed by atoms with Gasteiger partial charge in [0.25, 0.3) is 0 Å². The zero-order chi connectivity index (χ0) is 27.7. The second kappa shape index (κ2) is 11.0. The molecule has 2 fully saturated rings. The molecule has 0 radical (unpaired) electrons. The van der Waals surface area contributed by atoms with Gasteiger partial charge >= 0.3 is 6.09 Å². The zero-order valence-corrected chi connectivity index (χ0v) is 23.9. The van der Waals surface area contributed by atoms with Crippen molar-refractivity contribution in [3.8, 4) is 28.4 Å². The molecular formula is C28H35ClN6O4. The van der Waals surface area contributed by atoms with E-state index in [0.29, 0.717) is 47.6 Å². The van der Waals surface area contributed by atoms with E-state index in [1.54, 1.807) is 4.90 Å². The number of amides is 1. The van der Waals surface area contributed by atoms with Crippen molar-refractivity contribution in [1.82, 2.24) is 25.3 Å². The molecule has 3 aromatic rings. The summed E-state index contributed by atoms with van der Waals surface area (Å²) in [7, 11) is 3.34. The third-order valence-corrected chi connectivity index (χ3v) is 7.96. The number of ether oxygens (including phenoxy) is 2. The molecule has 0 saturated carbocycles. The van der Waals surface area contributed by atoms with Crippen molar-refractivity contribution >= 4 is 23.5 Å². The van der Waals surface area contributed by atoms with Gasteiger partial charge in [-0.1, -0.05) is 16.8 Å². The molecule has 2 aliphatic heterocycles. The lowest BCUT2D eigenvalue weighted by Crippen LogP contribution is -2.59. The number of aryl methyl sites for hydroxylation is 2. The first-order valence-electron chi connectivity index (χ1n) is 13.2. The van der Waals surface area contributed by atoms with E-state index in [-0.39, 0.29) is 11.5 Å². The number of rotatable bonds is 8. The Hall–Kier alpha value is -3.37. The van der Waals surface area contributed by atoms with Crippen LogP contribution in [0.5, 0.6) is 5.75 Å². The fourth-order valence-corrected chi connectivity index (χ4v) is 5.80. The molecule has 2 aliphatic rings. The molecule has 2 saturated heterocycles. The molecule has 2 aromatic heterocycles. The van der Waals surface area contributed by atoms with E-state index in [1.807, 2.05) is 46.0 Å².